The summed E-state index contributed by atoms with van der Waals surface area (Å²) in [5.74, 6) is 1.14. The van der Waals surface area contributed by atoms with E-state index in [4.69, 9.17) is 13.7 Å². The average molecular weight is 412 g/mol. The van der Waals surface area contributed by atoms with E-state index < -0.39 is 20.4 Å². The van der Waals surface area contributed by atoms with Gasteiger partial charge in [0, 0.05) is 0 Å². The normalized spacial score (nSPS) is 20.7. The fraction of sp³-hybridized carbons (Fsp3) is 0.857. The predicted octanol–water partition coefficient (Wildman–Crippen LogP) is 5.60. The van der Waals surface area contributed by atoms with Crippen molar-refractivity contribution in [1.29, 1.82) is 0 Å². The Balaban J connectivity index is 2.33. The molecule has 1 heterocycles. The number of rotatable bonds is 10. The van der Waals surface area contributed by atoms with E-state index in [9.17, 15) is 9.90 Å². The topological polar surface area (TPSA) is 65.0 Å². The third-order valence-electron chi connectivity index (χ3n) is 6.42. The summed E-state index contributed by atoms with van der Waals surface area (Å²) in [6.07, 6.45) is 5.77. The summed E-state index contributed by atoms with van der Waals surface area (Å²) in [6, 6.07) is 0. The highest BCUT2D eigenvalue weighted by Gasteiger charge is 2.50. The molecular weight excluding hydrogens is 371 g/mol. The van der Waals surface area contributed by atoms with Crippen molar-refractivity contribution in [2.24, 2.45) is 0 Å². The largest absolute Gasteiger partial charge is 0.486 e. The molecule has 5 nitrogen and oxygen atoms in total. The second-order valence-electron chi connectivity index (χ2n) is 10.4. The number of carboxylic acids is 1. The van der Waals surface area contributed by atoms with Crippen LogP contribution < -0.4 is 0 Å². The maximum atomic E-state index is 11.6. The van der Waals surface area contributed by atoms with Gasteiger partial charge in [0.25, 0.3) is 0 Å². The Labute approximate surface area is 173 Å². The van der Waals surface area contributed by atoms with Crippen LogP contribution in [0.5, 0.6) is 0 Å². The summed E-state index contributed by atoms with van der Waals surface area (Å²) in [7, 11) is -2.36. The van der Waals surface area contributed by atoms with Gasteiger partial charge in [0.2, 0.25) is 0 Å². The van der Waals surface area contributed by atoms with Crippen LogP contribution in [-0.2, 0) is 18.5 Å². The molecule has 0 aromatic rings. The monoisotopic (exact) mass is 412 g/mol. The molecule has 28 heavy (non-hydrogen) atoms. The summed E-state index contributed by atoms with van der Waals surface area (Å²) < 4.78 is 18.0. The van der Waals surface area contributed by atoms with Crippen molar-refractivity contribution in [3.05, 3.63) is 12.1 Å². The zero-order valence-corrected chi connectivity index (χ0v) is 20.4. The van der Waals surface area contributed by atoms with E-state index >= 15 is 0 Å². The molecule has 0 aliphatic carbocycles. The highest BCUT2D eigenvalue weighted by atomic mass is 28.4. The van der Waals surface area contributed by atoms with E-state index in [1.54, 1.807) is 0 Å². The van der Waals surface area contributed by atoms with Gasteiger partial charge in [0.1, 0.15) is 6.10 Å². The third-order valence-corrected chi connectivity index (χ3v) is 10.9. The molecule has 1 atom stereocenters. The third kappa shape index (κ3) is 7.01. The first-order valence-corrected chi connectivity index (χ1v) is 13.4. The Morgan fingerprint density at radius 3 is 2.11 bits per heavy atom. The van der Waals surface area contributed by atoms with Crippen LogP contribution in [0.25, 0.3) is 0 Å². The SMILES string of the molecule is CC1(C)OB(C=CCCCCCC(O[Si](C)(C)C(C)(C)C)C(=O)O)OC1(C)C. The quantitative estimate of drug-likeness (QED) is 0.374. The van der Waals surface area contributed by atoms with Crippen LogP contribution in [-0.4, -0.2) is 43.8 Å². The highest BCUT2D eigenvalue weighted by molar-refractivity contribution is 6.74. The summed E-state index contributed by atoms with van der Waals surface area (Å²) in [4.78, 5) is 11.6. The first kappa shape index (κ1) is 25.4. The Morgan fingerprint density at radius 2 is 1.64 bits per heavy atom. The van der Waals surface area contributed by atoms with Crippen molar-refractivity contribution >= 4 is 21.4 Å². The second-order valence-corrected chi connectivity index (χ2v) is 15.2. The minimum Gasteiger partial charge on any atom is -0.479 e. The van der Waals surface area contributed by atoms with Gasteiger partial charge in [-0.15, -0.1) is 0 Å². The van der Waals surface area contributed by atoms with Crippen molar-refractivity contribution in [3.8, 4) is 0 Å². The van der Waals surface area contributed by atoms with Crippen molar-refractivity contribution in [2.45, 2.75) is 116 Å². The van der Waals surface area contributed by atoms with E-state index in [0.717, 1.165) is 25.7 Å². The van der Waals surface area contributed by atoms with Crippen LogP contribution in [0.1, 0.15) is 80.6 Å². The average Bonchev–Trinajstić information content (AvgIpc) is 2.70. The maximum Gasteiger partial charge on any atom is 0.486 e. The predicted molar refractivity (Wildman–Crippen MR) is 118 cm³/mol. The highest BCUT2D eigenvalue weighted by Crippen LogP contribution is 2.38. The molecule has 1 unspecified atom stereocenters. The van der Waals surface area contributed by atoms with E-state index in [1.165, 1.54) is 0 Å². The number of hydrogen-bond donors (Lipinski definition) is 1. The van der Waals surface area contributed by atoms with Crippen LogP contribution >= 0.6 is 0 Å². The molecule has 162 valence electrons. The van der Waals surface area contributed by atoms with Crippen molar-refractivity contribution in [1.82, 2.24) is 0 Å². The molecule has 1 saturated heterocycles. The van der Waals surface area contributed by atoms with Crippen molar-refractivity contribution in [2.75, 3.05) is 0 Å². The fourth-order valence-electron chi connectivity index (χ4n) is 2.71. The van der Waals surface area contributed by atoms with E-state index in [-0.39, 0.29) is 23.4 Å². The number of hydrogen-bond acceptors (Lipinski definition) is 4. The summed E-state index contributed by atoms with van der Waals surface area (Å²) in [5.41, 5.74) is -0.615. The lowest BCUT2D eigenvalue weighted by Crippen LogP contribution is -2.46. The Bertz CT molecular complexity index is 535. The molecule has 0 spiro atoms. The summed E-state index contributed by atoms with van der Waals surface area (Å²) in [5, 5.41) is 9.52. The van der Waals surface area contributed by atoms with Crippen LogP contribution in [0.2, 0.25) is 18.1 Å². The van der Waals surface area contributed by atoms with Crippen LogP contribution in [0.4, 0.5) is 0 Å². The van der Waals surface area contributed by atoms with E-state index in [2.05, 4.69) is 39.9 Å². The first-order valence-electron chi connectivity index (χ1n) is 10.5. The molecule has 1 rings (SSSR count). The van der Waals surface area contributed by atoms with Crippen LogP contribution in [0, 0.1) is 0 Å². The van der Waals surface area contributed by atoms with Crippen LogP contribution in [0.3, 0.4) is 0 Å². The molecule has 1 aliphatic rings. The van der Waals surface area contributed by atoms with Crippen molar-refractivity contribution in [3.63, 3.8) is 0 Å². The van der Waals surface area contributed by atoms with Gasteiger partial charge in [-0.25, -0.2) is 4.79 Å². The van der Waals surface area contributed by atoms with Gasteiger partial charge in [0.05, 0.1) is 11.2 Å². The Kier molecular flexibility index (Phi) is 8.58. The van der Waals surface area contributed by atoms with Gasteiger partial charge in [0.15, 0.2) is 8.32 Å². The molecule has 1 aliphatic heterocycles. The van der Waals surface area contributed by atoms with Gasteiger partial charge >= 0.3 is 13.1 Å². The number of carboxylic acid groups (broad SMARTS) is 1. The smallest absolute Gasteiger partial charge is 0.479 e. The molecule has 0 saturated carbocycles. The molecule has 0 bridgehead atoms. The van der Waals surface area contributed by atoms with Gasteiger partial charge in [-0.05, 0) is 65.1 Å². The molecular formula is C21H41BO5Si. The Hall–Kier alpha value is -0.628. The lowest BCUT2D eigenvalue weighted by atomic mass is 9.89. The van der Waals surface area contributed by atoms with E-state index in [0.29, 0.717) is 6.42 Å². The molecule has 1 N–H and O–H groups in total. The van der Waals surface area contributed by atoms with Crippen LogP contribution in [0.15, 0.2) is 12.1 Å². The standard InChI is InChI=1S/C21H41BO5Si/c1-19(2,3)28(8,9)25-17(18(23)24)15-13-11-10-12-14-16-22-26-20(4,5)21(6,7)27-22/h14,16-17H,10-13,15H2,1-9H3,(H,23,24). The van der Waals surface area contributed by atoms with Gasteiger partial charge in [-0.1, -0.05) is 45.7 Å². The first-order chi connectivity index (χ1) is 12.6. The molecule has 0 aromatic heterocycles. The number of allylic oxidation sites excluding steroid dienone is 1. The minimum atomic E-state index is -2.07. The maximum absolute atomic E-state index is 11.6. The molecule has 0 aromatic carbocycles. The zero-order valence-electron chi connectivity index (χ0n) is 19.4. The van der Waals surface area contributed by atoms with E-state index in [1.807, 2.05) is 33.7 Å². The van der Waals surface area contributed by atoms with Gasteiger partial charge in [-0.3, -0.25) is 0 Å². The van der Waals surface area contributed by atoms with Gasteiger partial charge < -0.3 is 18.8 Å². The molecule has 1 fully saturated rings. The summed E-state index contributed by atoms with van der Waals surface area (Å²) >= 11 is 0. The fourth-order valence-corrected chi connectivity index (χ4v) is 3.99. The lowest BCUT2D eigenvalue weighted by molar-refractivity contribution is -0.146. The molecule has 0 amide bonds. The van der Waals surface area contributed by atoms with Gasteiger partial charge in [-0.2, -0.15) is 0 Å². The number of aliphatic carboxylic acids is 1. The minimum absolute atomic E-state index is 0.0129. The van der Waals surface area contributed by atoms with Crippen molar-refractivity contribution < 1.29 is 23.6 Å². The second kappa shape index (κ2) is 9.46. The Morgan fingerprint density at radius 1 is 1.11 bits per heavy atom. The number of unbranched alkanes of at least 4 members (excludes halogenated alkanes) is 3. The molecule has 0 radical (unpaired) electrons. The lowest BCUT2D eigenvalue weighted by Gasteiger charge is -2.38. The summed E-state index contributed by atoms with van der Waals surface area (Å²) in [6.45, 7) is 18.8. The zero-order chi connectivity index (χ0) is 21.8. The molecule has 7 heteroatoms. The number of carbonyl (C=O) groups is 1.